The summed E-state index contributed by atoms with van der Waals surface area (Å²) < 4.78 is 1.44. The first-order chi connectivity index (χ1) is 9.00. The minimum absolute atomic E-state index is 0.194. The zero-order valence-corrected chi connectivity index (χ0v) is 10.0. The largest absolute Gasteiger partial charge is 0.480 e. The fourth-order valence-electron chi connectivity index (χ4n) is 1.62. The molecule has 2 aromatic heterocycles. The number of aliphatic hydroxyl groups is 1. The van der Waals surface area contributed by atoms with Gasteiger partial charge in [0.15, 0.2) is 6.04 Å². The summed E-state index contributed by atoms with van der Waals surface area (Å²) in [4.78, 5) is 26.7. The zero-order chi connectivity index (χ0) is 14.0. The van der Waals surface area contributed by atoms with E-state index in [-0.39, 0.29) is 5.56 Å². The molecule has 8 nitrogen and oxygen atoms in total. The van der Waals surface area contributed by atoms with Crippen LogP contribution in [0.1, 0.15) is 17.3 Å². The monoisotopic (exact) mass is 264 g/mol. The SMILES string of the molecule is CC(O)C(NC(=O)c1cnn2ccncc12)C(=O)O. The number of amides is 1. The maximum Gasteiger partial charge on any atom is 0.328 e. The van der Waals surface area contributed by atoms with Crippen LogP contribution in [-0.2, 0) is 4.79 Å². The van der Waals surface area contributed by atoms with Crippen LogP contribution >= 0.6 is 0 Å². The van der Waals surface area contributed by atoms with Crippen LogP contribution in [-0.4, -0.2) is 48.8 Å². The third-order valence-corrected chi connectivity index (χ3v) is 2.60. The number of aromatic nitrogens is 3. The normalized spacial score (nSPS) is 14.0. The second-order valence-corrected chi connectivity index (χ2v) is 3.99. The molecule has 0 saturated carbocycles. The first kappa shape index (κ1) is 13.0. The smallest absolute Gasteiger partial charge is 0.328 e. The van der Waals surface area contributed by atoms with E-state index in [2.05, 4.69) is 15.4 Å². The molecule has 0 radical (unpaired) electrons. The van der Waals surface area contributed by atoms with Crippen LogP contribution in [0.3, 0.4) is 0 Å². The topological polar surface area (TPSA) is 117 Å². The van der Waals surface area contributed by atoms with Gasteiger partial charge in [-0.3, -0.25) is 9.78 Å². The Labute approximate surface area is 107 Å². The number of rotatable bonds is 4. The lowest BCUT2D eigenvalue weighted by molar-refractivity contribution is -0.141. The van der Waals surface area contributed by atoms with Crippen molar-refractivity contribution in [3.63, 3.8) is 0 Å². The van der Waals surface area contributed by atoms with Crippen LogP contribution in [0.15, 0.2) is 24.8 Å². The minimum atomic E-state index is -1.38. The quantitative estimate of drug-likeness (QED) is 0.671. The molecular weight excluding hydrogens is 252 g/mol. The molecule has 0 aliphatic heterocycles. The van der Waals surface area contributed by atoms with Gasteiger partial charge in [-0.1, -0.05) is 0 Å². The van der Waals surface area contributed by atoms with Crippen LogP contribution in [0.4, 0.5) is 0 Å². The summed E-state index contributed by atoms with van der Waals surface area (Å²) in [5, 5.41) is 24.4. The van der Waals surface area contributed by atoms with Gasteiger partial charge in [0.2, 0.25) is 0 Å². The molecule has 1 amide bonds. The maximum absolute atomic E-state index is 12.0. The minimum Gasteiger partial charge on any atom is -0.480 e. The summed E-state index contributed by atoms with van der Waals surface area (Å²) >= 11 is 0. The lowest BCUT2D eigenvalue weighted by atomic mass is 10.1. The summed E-state index contributed by atoms with van der Waals surface area (Å²) in [5.74, 6) is -1.94. The summed E-state index contributed by atoms with van der Waals surface area (Å²) in [6.07, 6.45) is 4.63. The van der Waals surface area contributed by atoms with Crippen molar-refractivity contribution >= 4 is 17.4 Å². The van der Waals surface area contributed by atoms with Crippen LogP contribution < -0.4 is 5.32 Å². The molecule has 0 saturated heterocycles. The number of fused-ring (bicyclic) bond motifs is 1. The number of aliphatic carboxylic acids is 1. The molecule has 8 heteroatoms. The highest BCUT2D eigenvalue weighted by molar-refractivity contribution is 6.02. The van der Waals surface area contributed by atoms with E-state index in [1.807, 2.05) is 0 Å². The molecule has 100 valence electrons. The molecule has 19 heavy (non-hydrogen) atoms. The number of hydrogen-bond donors (Lipinski definition) is 3. The number of nitrogens with zero attached hydrogens (tertiary/aromatic N) is 3. The van der Waals surface area contributed by atoms with Crippen LogP contribution in [0.2, 0.25) is 0 Å². The van der Waals surface area contributed by atoms with Crippen molar-refractivity contribution < 1.29 is 19.8 Å². The average molecular weight is 264 g/mol. The lowest BCUT2D eigenvalue weighted by Crippen LogP contribution is -2.47. The summed E-state index contributed by atoms with van der Waals surface area (Å²) in [6.45, 7) is 1.29. The Morgan fingerprint density at radius 3 is 2.79 bits per heavy atom. The van der Waals surface area contributed by atoms with Crippen molar-refractivity contribution in [2.24, 2.45) is 0 Å². The third-order valence-electron chi connectivity index (χ3n) is 2.60. The summed E-state index contributed by atoms with van der Waals surface area (Å²) in [5.41, 5.74) is 0.648. The number of carbonyl (C=O) groups excluding carboxylic acids is 1. The molecule has 0 aliphatic rings. The van der Waals surface area contributed by atoms with Gasteiger partial charge < -0.3 is 15.5 Å². The van der Waals surface area contributed by atoms with Gasteiger partial charge in [0.05, 0.1) is 29.6 Å². The van der Waals surface area contributed by atoms with E-state index >= 15 is 0 Å². The van der Waals surface area contributed by atoms with Crippen molar-refractivity contribution in [1.29, 1.82) is 0 Å². The highest BCUT2D eigenvalue weighted by Gasteiger charge is 2.26. The van der Waals surface area contributed by atoms with E-state index in [1.165, 1.54) is 30.0 Å². The van der Waals surface area contributed by atoms with E-state index in [4.69, 9.17) is 5.11 Å². The Kier molecular flexibility index (Phi) is 3.43. The number of nitrogens with one attached hydrogen (secondary N) is 1. The van der Waals surface area contributed by atoms with E-state index in [1.54, 1.807) is 6.20 Å². The Morgan fingerprint density at radius 1 is 1.42 bits per heavy atom. The maximum atomic E-state index is 12.0. The van der Waals surface area contributed by atoms with Gasteiger partial charge in [0, 0.05) is 12.4 Å². The second-order valence-electron chi connectivity index (χ2n) is 3.99. The van der Waals surface area contributed by atoms with Crippen LogP contribution in [0.25, 0.3) is 5.52 Å². The molecule has 2 heterocycles. The highest BCUT2D eigenvalue weighted by Crippen LogP contribution is 2.09. The Morgan fingerprint density at radius 2 is 2.16 bits per heavy atom. The predicted octanol–water partition coefficient (Wildman–Crippen LogP) is -0.707. The van der Waals surface area contributed by atoms with E-state index in [0.717, 1.165) is 0 Å². The molecule has 2 rings (SSSR count). The van der Waals surface area contributed by atoms with Crippen LogP contribution in [0.5, 0.6) is 0 Å². The molecule has 0 bridgehead atoms. The van der Waals surface area contributed by atoms with E-state index < -0.39 is 24.0 Å². The van der Waals surface area contributed by atoms with Crippen molar-refractivity contribution in [1.82, 2.24) is 19.9 Å². The van der Waals surface area contributed by atoms with Gasteiger partial charge >= 0.3 is 5.97 Å². The number of carboxylic acids is 1. The van der Waals surface area contributed by atoms with Crippen molar-refractivity contribution in [2.75, 3.05) is 0 Å². The molecule has 0 fully saturated rings. The molecule has 0 spiro atoms. The number of hydrogen-bond acceptors (Lipinski definition) is 5. The van der Waals surface area contributed by atoms with Gasteiger partial charge in [-0.05, 0) is 6.92 Å². The third kappa shape index (κ3) is 2.52. The summed E-state index contributed by atoms with van der Waals surface area (Å²) in [7, 11) is 0. The van der Waals surface area contributed by atoms with Crippen molar-refractivity contribution in [3.05, 3.63) is 30.4 Å². The zero-order valence-electron chi connectivity index (χ0n) is 10.0. The first-order valence-corrected chi connectivity index (χ1v) is 5.50. The predicted molar refractivity (Wildman–Crippen MR) is 63.6 cm³/mol. The number of aliphatic hydroxyl groups excluding tert-OH is 1. The van der Waals surface area contributed by atoms with Gasteiger partial charge in [-0.25, -0.2) is 9.31 Å². The Bertz CT molecular complexity index is 622. The second kappa shape index (κ2) is 5.02. The fraction of sp³-hybridized carbons (Fsp3) is 0.273. The average Bonchev–Trinajstić information content (AvgIpc) is 2.78. The van der Waals surface area contributed by atoms with Gasteiger partial charge in [-0.15, -0.1) is 0 Å². The molecule has 2 atom stereocenters. The Hall–Kier alpha value is -2.48. The number of carboxylic acid groups (broad SMARTS) is 1. The molecule has 3 N–H and O–H groups in total. The highest BCUT2D eigenvalue weighted by atomic mass is 16.4. The summed E-state index contributed by atoms with van der Waals surface area (Å²) in [6, 6.07) is -1.38. The van der Waals surface area contributed by atoms with Crippen molar-refractivity contribution in [3.8, 4) is 0 Å². The Balaban J connectivity index is 2.27. The standard InChI is InChI=1S/C11H12N4O4/c1-6(16)9(11(18)19)14-10(17)7-4-13-15-3-2-12-5-8(7)15/h2-6,9,16H,1H3,(H,14,17)(H,18,19). The first-order valence-electron chi connectivity index (χ1n) is 5.50. The molecule has 2 unspecified atom stereocenters. The molecule has 2 aromatic rings. The molecule has 0 aromatic carbocycles. The molecular formula is C11H12N4O4. The van der Waals surface area contributed by atoms with Gasteiger partial charge in [0.1, 0.15) is 0 Å². The van der Waals surface area contributed by atoms with E-state index in [9.17, 15) is 14.7 Å². The fourth-order valence-corrected chi connectivity index (χ4v) is 1.62. The van der Waals surface area contributed by atoms with Gasteiger partial charge in [0.25, 0.3) is 5.91 Å². The van der Waals surface area contributed by atoms with Gasteiger partial charge in [-0.2, -0.15) is 5.10 Å². The molecule has 0 aliphatic carbocycles. The van der Waals surface area contributed by atoms with Crippen molar-refractivity contribution in [2.45, 2.75) is 19.1 Å². The van der Waals surface area contributed by atoms with E-state index in [0.29, 0.717) is 5.52 Å². The van der Waals surface area contributed by atoms with Crippen LogP contribution in [0, 0.1) is 0 Å². The number of carbonyl (C=O) groups is 2. The lowest BCUT2D eigenvalue weighted by Gasteiger charge is -2.16.